The van der Waals surface area contributed by atoms with Gasteiger partial charge in [0.1, 0.15) is 6.10 Å². The predicted octanol–water partition coefficient (Wildman–Crippen LogP) is 3.04. The third kappa shape index (κ3) is 1.71. The van der Waals surface area contributed by atoms with Gasteiger partial charge in [0.05, 0.1) is 0 Å². The van der Waals surface area contributed by atoms with Crippen LogP contribution in [0, 0.1) is 12.1 Å². The van der Waals surface area contributed by atoms with Gasteiger partial charge in [0.15, 0.2) is 0 Å². The van der Waals surface area contributed by atoms with Gasteiger partial charge in [0, 0.05) is 16.9 Å². The quantitative estimate of drug-likeness (QED) is 0.694. The molecule has 17 heavy (non-hydrogen) atoms. The van der Waals surface area contributed by atoms with Gasteiger partial charge in [-0.05, 0) is 25.3 Å². The summed E-state index contributed by atoms with van der Waals surface area (Å²) < 4.78 is 0. The van der Waals surface area contributed by atoms with Gasteiger partial charge in [-0.15, -0.1) is 0 Å². The highest BCUT2D eigenvalue weighted by molar-refractivity contribution is 5.98. The van der Waals surface area contributed by atoms with Crippen molar-refractivity contribution in [2.45, 2.75) is 32.3 Å². The van der Waals surface area contributed by atoms with E-state index >= 15 is 0 Å². The molecule has 0 fully saturated rings. The molecule has 1 unspecified atom stereocenters. The summed E-state index contributed by atoms with van der Waals surface area (Å²) in [4.78, 5) is 6.11. The third-order valence-corrected chi connectivity index (χ3v) is 3.40. The molecule has 3 nitrogen and oxygen atoms in total. The van der Waals surface area contributed by atoms with Gasteiger partial charge in [-0.3, -0.25) is 5.21 Å². The zero-order valence-corrected chi connectivity index (χ0v) is 9.85. The molecule has 1 aliphatic carbocycles. The molecule has 0 bridgehead atoms. The maximum absolute atomic E-state index is 11.7. The van der Waals surface area contributed by atoms with Gasteiger partial charge in [-0.2, -0.15) is 0 Å². The van der Waals surface area contributed by atoms with Crippen LogP contribution in [0.2, 0.25) is 0 Å². The molecule has 0 saturated carbocycles. The Kier molecular flexibility index (Phi) is 2.39. The first-order valence-electron chi connectivity index (χ1n) is 6.02. The Morgan fingerprint density at radius 1 is 1.29 bits per heavy atom. The van der Waals surface area contributed by atoms with Gasteiger partial charge in [-0.1, -0.05) is 35.9 Å². The van der Waals surface area contributed by atoms with Crippen molar-refractivity contribution in [2.24, 2.45) is 0 Å². The van der Waals surface area contributed by atoms with Crippen molar-refractivity contribution >= 4 is 5.71 Å². The molecular weight excluding hydrogens is 214 g/mol. The zero-order chi connectivity index (χ0) is 11.8. The maximum Gasteiger partial charge on any atom is 0.249 e. The highest BCUT2D eigenvalue weighted by Crippen LogP contribution is 2.35. The molecule has 1 heterocycles. The Balaban J connectivity index is 1.97. The molecule has 1 aliphatic heterocycles. The minimum atomic E-state index is -0.205. The van der Waals surface area contributed by atoms with E-state index in [1.165, 1.54) is 5.56 Å². The van der Waals surface area contributed by atoms with Crippen molar-refractivity contribution in [3.8, 4) is 0 Å². The second-order valence-corrected chi connectivity index (χ2v) is 4.65. The van der Waals surface area contributed by atoms with Crippen molar-refractivity contribution in [3.05, 3.63) is 52.2 Å². The van der Waals surface area contributed by atoms with Crippen molar-refractivity contribution in [1.29, 1.82) is 0 Å². The lowest BCUT2D eigenvalue weighted by molar-refractivity contribution is -0.743. The molecule has 0 radical (unpaired) electrons. The number of allylic oxidation sites excluding steroid dienone is 1. The lowest BCUT2D eigenvalue weighted by atomic mass is 9.90. The Labute approximate surface area is 101 Å². The van der Waals surface area contributed by atoms with Crippen LogP contribution in [0.15, 0.2) is 35.9 Å². The Hall–Kier alpha value is -1.77. The highest BCUT2D eigenvalue weighted by atomic mass is 16.9. The summed E-state index contributed by atoms with van der Waals surface area (Å²) in [7, 11) is 0. The van der Waals surface area contributed by atoms with Crippen LogP contribution in [0.5, 0.6) is 0 Å². The summed E-state index contributed by atoms with van der Waals surface area (Å²) >= 11 is 0. The summed E-state index contributed by atoms with van der Waals surface area (Å²) in [5.74, 6) is 0. The molecule has 0 saturated heterocycles. The fourth-order valence-electron chi connectivity index (χ4n) is 2.44. The van der Waals surface area contributed by atoms with E-state index in [9.17, 15) is 5.21 Å². The van der Waals surface area contributed by atoms with Gasteiger partial charge < -0.3 is 4.84 Å². The smallest absolute Gasteiger partial charge is 0.249 e. The van der Waals surface area contributed by atoms with Crippen LogP contribution in [-0.4, -0.2) is 10.6 Å². The standard InChI is InChI=1S/C14H15NO2/c1-10-6-8-11(9-7-10)14-12-4-2-3-5-13(12)15(16)17-14/h4,6-9,14H,2-3,5H2,1H3. The molecule has 3 heteroatoms. The lowest BCUT2D eigenvalue weighted by Gasteiger charge is -2.15. The van der Waals surface area contributed by atoms with Crippen molar-refractivity contribution in [3.63, 3.8) is 0 Å². The van der Waals surface area contributed by atoms with Gasteiger partial charge in [0.2, 0.25) is 5.71 Å². The molecule has 0 N–H and O–H groups in total. The monoisotopic (exact) mass is 229 g/mol. The second-order valence-electron chi connectivity index (χ2n) is 4.65. The first-order valence-corrected chi connectivity index (χ1v) is 6.02. The highest BCUT2D eigenvalue weighted by Gasteiger charge is 2.35. The van der Waals surface area contributed by atoms with Crippen LogP contribution >= 0.6 is 0 Å². The third-order valence-electron chi connectivity index (χ3n) is 3.40. The van der Waals surface area contributed by atoms with E-state index in [0.717, 1.165) is 36.1 Å². The van der Waals surface area contributed by atoms with Crippen LogP contribution in [0.3, 0.4) is 0 Å². The summed E-state index contributed by atoms with van der Waals surface area (Å²) in [5.41, 5.74) is 4.14. The summed E-state index contributed by atoms with van der Waals surface area (Å²) in [5, 5.41) is 11.7. The molecule has 0 spiro atoms. The van der Waals surface area contributed by atoms with Gasteiger partial charge >= 0.3 is 0 Å². The number of hydrogen-bond acceptors (Lipinski definition) is 2. The number of rotatable bonds is 1. The molecule has 2 aliphatic rings. The zero-order valence-electron chi connectivity index (χ0n) is 9.85. The van der Waals surface area contributed by atoms with E-state index in [-0.39, 0.29) is 6.10 Å². The first kappa shape index (κ1) is 10.4. The summed E-state index contributed by atoms with van der Waals surface area (Å²) in [6.45, 7) is 2.05. The second kappa shape index (κ2) is 3.91. The molecule has 0 amide bonds. The van der Waals surface area contributed by atoms with E-state index < -0.39 is 0 Å². The number of fused-ring (bicyclic) bond motifs is 1. The topological polar surface area (TPSA) is 35.3 Å². The van der Waals surface area contributed by atoms with Crippen molar-refractivity contribution < 1.29 is 9.74 Å². The van der Waals surface area contributed by atoms with Crippen LogP contribution in [0.25, 0.3) is 0 Å². The fraction of sp³-hybridized carbons (Fsp3) is 0.357. The molecule has 0 aromatic heterocycles. The van der Waals surface area contributed by atoms with Crippen LogP contribution in [-0.2, 0) is 4.84 Å². The number of hydrogen-bond donors (Lipinski definition) is 0. The van der Waals surface area contributed by atoms with Crippen molar-refractivity contribution in [1.82, 2.24) is 0 Å². The average molecular weight is 229 g/mol. The lowest BCUT2D eigenvalue weighted by Crippen LogP contribution is -2.11. The summed E-state index contributed by atoms with van der Waals surface area (Å²) in [6, 6.07) is 8.17. The number of nitrogens with zero attached hydrogens (tertiary/aromatic N) is 1. The molecule has 1 aromatic rings. The molecule has 88 valence electrons. The minimum absolute atomic E-state index is 0.205. The molecule has 3 rings (SSSR count). The SMILES string of the molecule is Cc1ccc(C2O[N+]([O-])=C3CCCC=C32)cc1. The van der Waals surface area contributed by atoms with Crippen molar-refractivity contribution in [2.75, 3.05) is 0 Å². The predicted molar refractivity (Wildman–Crippen MR) is 65.6 cm³/mol. The number of benzene rings is 1. The van der Waals surface area contributed by atoms with E-state index in [1.54, 1.807) is 0 Å². The van der Waals surface area contributed by atoms with E-state index in [1.807, 2.05) is 12.1 Å². The molecule has 1 aromatic carbocycles. The fourth-order valence-corrected chi connectivity index (χ4v) is 2.44. The van der Waals surface area contributed by atoms with Crippen LogP contribution in [0.4, 0.5) is 0 Å². The van der Waals surface area contributed by atoms with E-state index in [0.29, 0.717) is 4.90 Å². The Morgan fingerprint density at radius 2 is 2.06 bits per heavy atom. The molecule has 1 atom stereocenters. The maximum atomic E-state index is 11.7. The minimum Gasteiger partial charge on any atom is -0.390 e. The van der Waals surface area contributed by atoms with Crippen LogP contribution in [0.1, 0.15) is 36.5 Å². The van der Waals surface area contributed by atoms with E-state index in [2.05, 4.69) is 25.1 Å². The Morgan fingerprint density at radius 3 is 2.82 bits per heavy atom. The molecular formula is C14H15NO2. The van der Waals surface area contributed by atoms with E-state index in [4.69, 9.17) is 4.84 Å². The Bertz CT molecular complexity index is 499. The average Bonchev–Trinajstić information content (AvgIpc) is 2.69. The normalized spacial score (nSPS) is 23.1. The van der Waals surface area contributed by atoms with Crippen LogP contribution < -0.4 is 0 Å². The summed E-state index contributed by atoms with van der Waals surface area (Å²) in [6.07, 6.45) is 4.85. The number of aryl methyl sites for hydroxylation is 1. The van der Waals surface area contributed by atoms with Gasteiger partial charge in [-0.25, -0.2) is 0 Å². The largest absolute Gasteiger partial charge is 0.390 e. The first-order chi connectivity index (χ1) is 8.25. The van der Waals surface area contributed by atoms with Gasteiger partial charge in [0.25, 0.3) is 0 Å².